The first kappa shape index (κ1) is 15.4. The molecule has 1 aliphatic rings. The maximum atomic E-state index is 6.04. The molecule has 0 radical (unpaired) electrons. The maximum Gasteiger partial charge on any atom is 0.231 e. The Kier molecular flexibility index (Phi) is 5.16. The summed E-state index contributed by atoms with van der Waals surface area (Å²) >= 11 is 0. The zero-order chi connectivity index (χ0) is 14.6. The van der Waals surface area contributed by atoms with E-state index in [9.17, 15) is 0 Å². The molecule has 5 heteroatoms. The summed E-state index contributed by atoms with van der Waals surface area (Å²) in [5.41, 5.74) is -0.322. The first-order valence-corrected chi connectivity index (χ1v) is 7.78. The molecule has 1 fully saturated rings. The molecule has 0 spiro atoms. The lowest BCUT2D eigenvalue weighted by atomic mass is 9.84. The van der Waals surface area contributed by atoms with E-state index in [1.807, 2.05) is 14.0 Å². The SMILES string of the molecule is CCOC1(c2noc(C(C)C(C)NC)n2)CCCCC1. The van der Waals surface area contributed by atoms with Crippen molar-refractivity contribution in [2.75, 3.05) is 13.7 Å². The van der Waals surface area contributed by atoms with E-state index in [2.05, 4.69) is 29.3 Å². The van der Waals surface area contributed by atoms with Crippen molar-refractivity contribution in [1.82, 2.24) is 15.5 Å². The second kappa shape index (κ2) is 6.68. The fourth-order valence-corrected chi connectivity index (χ4v) is 2.90. The lowest BCUT2D eigenvalue weighted by Gasteiger charge is -2.33. The van der Waals surface area contributed by atoms with Gasteiger partial charge < -0.3 is 14.6 Å². The van der Waals surface area contributed by atoms with Crippen molar-refractivity contribution >= 4 is 0 Å². The van der Waals surface area contributed by atoms with E-state index in [1.165, 1.54) is 19.3 Å². The van der Waals surface area contributed by atoms with E-state index >= 15 is 0 Å². The number of nitrogens with zero attached hydrogens (tertiary/aromatic N) is 2. The average molecular weight is 281 g/mol. The van der Waals surface area contributed by atoms with E-state index < -0.39 is 0 Å². The van der Waals surface area contributed by atoms with Crippen molar-refractivity contribution in [3.8, 4) is 0 Å². The summed E-state index contributed by atoms with van der Waals surface area (Å²) in [6, 6.07) is 0.303. The minimum atomic E-state index is -0.322. The molecule has 0 aromatic carbocycles. The molecular formula is C15H27N3O2. The standard InChI is InChI=1S/C15H27N3O2/c1-5-19-15(9-7-6-8-10-15)14-17-13(20-18-14)11(2)12(3)16-4/h11-12,16H,5-10H2,1-4H3. The molecule has 0 amide bonds. The number of rotatable bonds is 6. The molecule has 1 heterocycles. The Hall–Kier alpha value is -0.940. The van der Waals surface area contributed by atoms with Gasteiger partial charge in [0.1, 0.15) is 5.60 Å². The van der Waals surface area contributed by atoms with E-state index in [4.69, 9.17) is 9.26 Å². The Balaban J connectivity index is 2.20. The van der Waals surface area contributed by atoms with Crippen LogP contribution < -0.4 is 5.32 Å². The summed E-state index contributed by atoms with van der Waals surface area (Å²) < 4.78 is 11.5. The molecule has 1 aromatic rings. The summed E-state index contributed by atoms with van der Waals surface area (Å²) in [5, 5.41) is 7.46. The highest BCUT2D eigenvalue weighted by molar-refractivity contribution is 5.06. The van der Waals surface area contributed by atoms with Crippen LogP contribution in [0.25, 0.3) is 0 Å². The Bertz CT molecular complexity index is 407. The molecule has 1 N–H and O–H groups in total. The summed E-state index contributed by atoms with van der Waals surface area (Å²) in [4.78, 5) is 4.65. The Morgan fingerprint density at radius 2 is 2.00 bits per heavy atom. The fraction of sp³-hybridized carbons (Fsp3) is 0.867. The molecule has 2 rings (SSSR count). The third-order valence-electron chi connectivity index (χ3n) is 4.53. The average Bonchev–Trinajstić information content (AvgIpc) is 2.97. The molecule has 0 aliphatic heterocycles. The number of hydrogen-bond acceptors (Lipinski definition) is 5. The van der Waals surface area contributed by atoms with Gasteiger partial charge in [-0.25, -0.2) is 0 Å². The van der Waals surface area contributed by atoms with Crippen LogP contribution in [0.1, 0.15) is 70.5 Å². The number of nitrogens with one attached hydrogen (secondary N) is 1. The molecule has 2 atom stereocenters. The Morgan fingerprint density at radius 3 is 2.60 bits per heavy atom. The van der Waals surface area contributed by atoms with Crippen LogP contribution in [0.2, 0.25) is 0 Å². The van der Waals surface area contributed by atoms with Gasteiger partial charge in [0, 0.05) is 12.6 Å². The monoisotopic (exact) mass is 281 g/mol. The summed E-state index contributed by atoms with van der Waals surface area (Å²) in [5.74, 6) is 1.64. The molecule has 1 aromatic heterocycles. The predicted molar refractivity (Wildman–Crippen MR) is 77.6 cm³/mol. The third kappa shape index (κ3) is 3.04. The second-order valence-electron chi connectivity index (χ2n) is 5.81. The molecule has 114 valence electrons. The summed E-state index contributed by atoms with van der Waals surface area (Å²) in [7, 11) is 1.95. The normalized spacial score (nSPS) is 21.6. The van der Waals surface area contributed by atoms with Crippen molar-refractivity contribution in [1.29, 1.82) is 0 Å². The lowest BCUT2D eigenvalue weighted by Crippen LogP contribution is -2.34. The van der Waals surface area contributed by atoms with Gasteiger partial charge in [0.25, 0.3) is 0 Å². The van der Waals surface area contributed by atoms with Gasteiger partial charge in [0.15, 0.2) is 0 Å². The van der Waals surface area contributed by atoms with Gasteiger partial charge in [-0.2, -0.15) is 4.98 Å². The van der Waals surface area contributed by atoms with Gasteiger partial charge in [-0.3, -0.25) is 0 Å². The molecule has 0 saturated heterocycles. The van der Waals surface area contributed by atoms with Crippen LogP contribution in [-0.4, -0.2) is 29.8 Å². The van der Waals surface area contributed by atoms with Gasteiger partial charge >= 0.3 is 0 Å². The van der Waals surface area contributed by atoms with Crippen molar-refractivity contribution in [3.05, 3.63) is 11.7 Å². The van der Waals surface area contributed by atoms with E-state index in [-0.39, 0.29) is 11.5 Å². The summed E-state index contributed by atoms with van der Waals surface area (Å²) in [6.45, 7) is 6.94. The van der Waals surface area contributed by atoms with E-state index in [0.717, 1.165) is 18.7 Å². The topological polar surface area (TPSA) is 60.2 Å². The fourth-order valence-electron chi connectivity index (χ4n) is 2.90. The van der Waals surface area contributed by atoms with Crippen molar-refractivity contribution in [2.24, 2.45) is 0 Å². The van der Waals surface area contributed by atoms with E-state index in [1.54, 1.807) is 0 Å². The van der Waals surface area contributed by atoms with Crippen molar-refractivity contribution in [2.45, 2.75) is 70.4 Å². The molecule has 0 bridgehead atoms. The van der Waals surface area contributed by atoms with Gasteiger partial charge in [0.05, 0.1) is 5.92 Å². The molecule has 20 heavy (non-hydrogen) atoms. The highest BCUT2D eigenvalue weighted by Crippen LogP contribution is 2.39. The van der Waals surface area contributed by atoms with Gasteiger partial charge in [-0.05, 0) is 33.7 Å². The predicted octanol–water partition coefficient (Wildman–Crippen LogP) is 2.98. The zero-order valence-electron chi connectivity index (χ0n) is 13.1. The van der Waals surface area contributed by atoms with Crippen LogP contribution in [0.15, 0.2) is 4.52 Å². The molecule has 1 aliphatic carbocycles. The highest BCUT2D eigenvalue weighted by Gasteiger charge is 2.39. The molecule has 1 saturated carbocycles. The molecular weight excluding hydrogens is 254 g/mol. The third-order valence-corrected chi connectivity index (χ3v) is 4.53. The maximum absolute atomic E-state index is 6.04. The number of likely N-dealkylation sites (N-methyl/N-ethyl adjacent to an activating group) is 1. The van der Waals surface area contributed by atoms with Crippen LogP contribution in [-0.2, 0) is 10.3 Å². The van der Waals surface area contributed by atoms with Crippen LogP contribution in [0.3, 0.4) is 0 Å². The Labute approximate surface area is 121 Å². The summed E-state index contributed by atoms with van der Waals surface area (Å²) in [6.07, 6.45) is 5.61. The van der Waals surface area contributed by atoms with Crippen molar-refractivity contribution < 1.29 is 9.26 Å². The Morgan fingerprint density at radius 1 is 1.30 bits per heavy atom. The number of hydrogen-bond donors (Lipinski definition) is 1. The zero-order valence-corrected chi connectivity index (χ0v) is 13.1. The minimum Gasteiger partial charge on any atom is -0.367 e. The minimum absolute atomic E-state index is 0.198. The largest absolute Gasteiger partial charge is 0.367 e. The smallest absolute Gasteiger partial charge is 0.231 e. The van der Waals surface area contributed by atoms with Gasteiger partial charge in [0.2, 0.25) is 11.7 Å². The highest BCUT2D eigenvalue weighted by atomic mass is 16.5. The van der Waals surface area contributed by atoms with Crippen LogP contribution in [0, 0.1) is 0 Å². The first-order chi connectivity index (χ1) is 9.63. The van der Waals surface area contributed by atoms with Gasteiger partial charge in [-0.1, -0.05) is 31.3 Å². The first-order valence-electron chi connectivity index (χ1n) is 7.78. The van der Waals surface area contributed by atoms with Crippen LogP contribution >= 0.6 is 0 Å². The molecule has 2 unspecified atom stereocenters. The van der Waals surface area contributed by atoms with Crippen LogP contribution in [0.5, 0.6) is 0 Å². The number of aromatic nitrogens is 2. The van der Waals surface area contributed by atoms with Gasteiger partial charge in [-0.15, -0.1) is 0 Å². The lowest BCUT2D eigenvalue weighted by molar-refractivity contribution is -0.0777. The van der Waals surface area contributed by atoms with Crippen LogP contribution in [0.4, 0.5) is 0 Å². The molecule has 5 nitrogen and oxygen atoms in total. The quantitative estimate of drug-likeness (QED) is 0.868. The second-order valence-corrected chi connectivity index (χ2v) is 5.81. The van der Waals surface area contributed by atoms with E-state index in [0.29, 0.717) is 18.5 Å². The number of ether oxygens (including phenoxy) is 1. The van der Waals surface area contributed by atoms with Crippen molar-refractivity contribution in [3.63, 3.8) is 0 Å².